The molecule has 0 amide bonds. The minimum absolute atomic E-state index is 0.151. The first-order valence-corrected chi connectivity index (χ1v) is 4.23. The zero-order chi connectivity index (χ0) is 9.10. The minimum atomic E-state index is 0.151. The molecule has 1 heterocycles. The van der Waals surface area contributed by atoms with Gasteiger partial charge in [0.25, 0.3) is 0 Å². The van der Waals surface area contributed by atoms with Gasteiger partial charge in [0, 0.05) is 12.6 Å². The standard InChI is InChI=1S/C11H10NO/c13-10-6-7-12-11(8-10)9-4-2-1-3-5-9/h1-7,12H,8H2. The monoisotopic (exact) mass is 172 g/mol. The number of hydrogen-bond acceptors (Lipinski definition) is 2. The first-order chi connectivity index (χ1) is 6.36. The van der Waals surface area contributed by atoms with Crippen LogP contribution in [-0.4, -0.2) is 5.78 Å². The van der Waals surface area contributed by atoms with E-state index in [4.69, 9.17) is 0 Å². The van der Waals surface area contributed by atoms with E-state index in [1.54, 1.807) is 12.3 Å². The molecule has 2 nitrogen and oxygen atoms in total. The molecule has 0 fully saturated rings. The molecule has 0 saturated carbocycles. The van der Waals surface area contributed by atoms with Crippen LogP contribution in [0.4, 0.5) is 0 Å². The fourth-order valence-electron chi connectivity index (χ4n) is 1.34. The van der Waals surface area contributed by atoms with Gasteiger partial charge in [-0.3, -0.25) is 4.79 Å². The van der Waals surface area contributed by atoms with E-state index in [1.807, 2.05) is 30.3 Å². The molecule has 0 spiro atoms. The molecule has 2 rings (SSSR count). The summed E-state index contributed by atoms with van der Waals surface area (Å²) in [6.07, 6.45) is 3.72. The van der Waals surface area contributed by atoms with Crippen LogP contribution in [0.2, 0.25) is 0 Å². The van der Waals surface area contributed by atoms with Crippen molar-refractivity contribution in [2.24, 2.45) is 0 Å². The largest absolute Gasteiger partial charge is 0.378 e. The van der Waals surface area contributed by atoms with Gasteiger partial charge in [-0.2, -0.15) is 0 Å². The third-order valence-electron chi connectivity index (χ3n) is 2.00. The van der Waals surface area contributed by atoms with Crippen molar-refractivity contribution in [3.63, 3.8) is 0 Å². The SMILES string of the molecule is O=C1C=CN[C](c2ccccc2)C1. The zero-order valence-corrected chi connectivity index (χ0v) is 7.16. The summed E-state index contributed by atoms with van der Waals surface area (Å²) in [6, 6.07) is 10.9. The molecule has 0 atom stereocenters. The van der Waals surface area contributed by atoms with Crippen molar-refractivity contribution in [1.82, 2.24) is 5.32 Å². The quantitative estimate of drug-likeness (QED) is 0.697. The summed E-state index contributed by atoms with van der Waals surface area (Å²) in [4.78, 5) is 11.1. The second-order valence-corrected chi connectivity index (χ2v) is 2.97. The van der Waals surface area contributed by atoms with Crippen molar-refractivity contribution in [2.75, 3.05) is 0 Å². The molecule has 65 valence electrons. The van der Waals surface area contributed by atoms with Crippen LogP contribution in [0, 0.1) is 6.04 Å². The van der Waals surface area contributed by atoms with E-state index in [9.17, 15) is 4.79 Å². The van der Waals surface area contributed by atoms with Gasteiger partial charge in [-0.25, -0.2) is 0 Å². The van der Waals surface area contributed by atoms with Crippen molar-refractivity contribution in [2.45, 2.75) is 6.42 Å². The molecule has 0 saturated heterocycles. The predicted molar refractivity (Wildman–Crippen MR) is 50.7 cm³/mol. The van der Waals surface area contributed by atoms with Crippen LogP contribution in [0.25, 0.3) is 0 Å². The Balaban J connectivity index is 2.19. The van der Waals surface area contributed by atoms with Gasteiger partial charge < -0.3 is 5.32 Å². The van der Waals surface area contributed by atoms with Crippen molar-refractivity contribution in [1.29, 1.82) is 0 Å². The number of carbonyl (C=O) groups excluding carboxylic acids is 1. The first-order valence-electron chi connectivity index (χ1n) is 4.23. The second kappa shape index (κ2) is 3.44. The molecular weight excluding hydrogens is 162 g/mol. The van der Waals surface area contributed by atoms with Crippen LogP contribution in [0.5, 0.6) is 0 Å². The summed E-state index contributed by atoms with van der Waals surface area (Å²) in [6.45, 7) is 0. The number of nitrogens with one attached hydrogen (secondary N) is 1. The van der Waals surface area contributed by atoms with Crippen molar-refractivity contribution in [3.05, 3.63) is 54.2 Å². The Morgan fingerprint density at radius 1 is 1.15 bits per heavy atom. The van der Waals surface area contributed by atoms with Gasteiger partial charge in [-0.1, -0.05) is 30.3 Å². The third-order valence-corrected chi connectivity index (χ3v) is 2.00. The Morgan fingerprint density at radius 3 is 2.62 bits per heavy atom. The normalized spacial score (nSPS) is 17.1. The fraction of sp³-hybridized carbons (Fsp3) is 0.0909. The number of rotatable bonds is 1. The average molecular weight is 172 g/mol. The van der Waals surface area contributed by atoms with E-state index in [0.717, 1.165) is 11.6 Å². The molecule has 13 heavy (non-hydrogen) atoms. The van der Waals surface area contributed by atoms with Gasteiger partial charge in [-0.15, -0.1) is 0 Å². The van der Waals surface area contributed by atoms with E-state index in [-0.39, 0.29) is 5.78 Å². The Labute approximate surface area is 77.3 Å². The maximum atomic E-state index is 11.1. The molecule has 0 unspecified atom stereocenters. The lowest BCUT2D eigenvalue weighted by molar-refractivity contribution is -0.114. The molecule has 1 aromatic carbocycles. The molecule has 0 aliphatic carbocycles. The maximum absolute atomic E-state index is 11.1. The maximum Gasteiger partial charge on any atom is 0.159 e. The summed E-state index contributed by atoms with van der Waals surface area (Å²) < 4.78 is 0. The van der Waals surface area contributed by atoms with E-state index in [0.29, 0.717) is 6.42 Å². The van der Waals surface area contributed by atoms with Gasteiger partial charge in [-0.05, 0) is 11.6 Å². The van der Waals surface area contributed by atoms with Crippen molar-refractivity contribution in [3.8, 4) is 0 Å². The van der Waals surface area contributed by atoms with Crippen LogP contribution in [0.3, 0.4) is 0 Å². The number of benzene rings is 1. The lowest BCUT2D eigenvalue weighted by Gasteiger charge is -2.18. The Bertz CT molecular complexity index is 329. The summed E-state index contributed by atoms with van der Waals surface area (Å²) >= 11 is 0. The smallest absolute Gasteiger partial charge is 0.159 e. The third kappa shape index (κ3) is 1.78. The zero-order valence-electron chi connectivity index (χ0n) is 7.16. The Kier molecular flexibility index (Phi) is 2.13. The van der Waals surface area contributed by atoms with Gasteiger partial charge in [0.05, 0.1) is 6.04 Å². The summed E-state index contributed by atoms with van der Waals surface area (Å²) in [5.41, 5.74) is 1.08. The molecule has 0 aromatic heterocycles. The highest BCUT2D eigenvalue weighted by molar-refractivity contribution is 5.92. The Morgan fingerprint density at radius 2 is 1.92 bits per heavy atom. The molecule has 2 heteroatoms. The van der Waals surface area contributed by atoms with Crippen molar-refractivity contribution < 1.29 is 4.79 Å². The summed E-state index contributed by atoms with van der Waals surface area (Å²) in [5, 5.41) is 3.08. The Hall–Kier alpha value is -1.57. The van der Waals surface area contributed by atoms with Crippen LogP contribution in [-0.2, 0) is 4.79 Å². The summed E-state index contributed by atoms with van der Waals surface area (Å²) in [7, 11) is 0. The number of hydrogen-bond donors (Lipinski definition) is 1. The highest BCUT2D eigenvalue weighted by Gasteiger charge is 2.16. The van der Waals surface area contributed by atoms with Gasteiger partial charge in [0.1, 0.15) is 0 Å². The fourth-order valence-corrected chi connectivity index (χ4v) is 1.34. The minimum Gasteiger partial charge on any atom is -0.378 e. The first kappa shape index (κ1) is 8.05. The molecule has 1 N–H and O–H groups in total. The molecular formula is C11H10NO. The average Bonchev–Trinajstić information content (AvgIpc) is 2.19. The van der Waals surface area contributed by atoms with E-state index < -0.39 is 0 Å². The van der Waals surface area contributed by atoms with Gasteiger partial charge in [0.15, 0.2) is 5.78 Å². The van der Waals surface area contributed by atoms with Crippen LogP contribution in [0.1, 0.15) is 12.0 Å². The molecule has 0 bridgehead atoms. The predicted octanol–water partition coefficient (Wildman–Crippen LogP) is 1.64. The van der Waals surface area contributed by atoms with Crippen LogP contribution < -0.4 is 5.32 Å². The van der Waals surface area contributed by atoms with Gasteiger partial charge in [0.2, 0.25) is 0 Å². The number of carbonyl (C=O) groups is 1. The summed E-state index contributed by atoms with van der Waals surface area (Å²) in [5.74, 6) is 0.151. The van der Waals surface area contributed by atoms with E-state index in [1.165, 1.54) is 0 Å². The topological polar surface area (TPSA) is 29.1 Å². The molecule has 1 aliphatic heterocycles. The van der Waals surface area contributed by atoms with E-state index in [2.05, 4.69) is 5.32 Å². The lowest BCUT2D eigenvalue weighted by Crippen LogP contribution is -2.23. The highest BCUT2D eigenvalue weighted by Crippen LogP contribution is 2.18. The van der Waals surface area contributed by atoms with Crippen molar-refractivity contribution >= 4 is 5.78 Å². The molecule has 1 aromatic rings. The molecule has 1 radical (unpaired) electrons. The highest BCUT2D eigenvalue weighted by atomic mass is 16.1. The van der Waals surface area contributed by atoms with E-state index >= 15 is 0 Å². The van der Waals surface area contributed by atoms with Crippen LogP contribution in [0.15, 0.2) is 42.6 Å². The second-order valence-electron chi connectivity index (χ2n) is 2.97. The number of allylic oxidation sites excluding steroid dienone is 1. The molecule has 1 aliphatic rings. The van der Waals surface area contributed by atoms with Crippen LogP contribution >= 0.6 is 0 Å². The number of ketones is 1. The lowest BCUT2D eigenvalue weighted by atomic mass is 10.00. The van der Waals surface area contributed by atoms with Gasteiger partial charge >= 0.3 is 0 Å².